The molecule has 0 aromatic heterocycles. The van der Waals surface area contributed by atoms with Crippen LogP contribution in [0.15, 0.2) is 30.3 Å². The van der Waals surface area contributed by atoms with Crippen LogP contribution in [0.2, 0.25) is 0 Å². The van der Waals surface area contributed by atoms with Crippen molar-refractivity contribution >= 4 is 12.1 Å². The van der Waals surface area contributed by atoms with Gasteiger partial charge >= 0.3 is 0 Å². The van der Waals surface area contributed by atoms with Gasteiger partial charge in [0.05, 0.1) is 0 Å². The number of anilines is 1. The summed E-state index contributed by atoms with van der Waals surface area (Å²) in [4.78, 5) is 9.86. The second-order valence-corrected chi connectivity index (χ2v) is 1.63. The lowest BCUT2D eigenvalue weighted by Gasteiger charge is -1.93. The van der Waals surface area contributed by atoms with Crippen LogP contribution >= 0.6 is 0 Å². The van der Waals surface area contributed by atoms with E-state index in [1.807, 2.05) is 58.0 Å². The van der Waals surface area contributed by atoms with Crippen LogP contribution in [0.1, 0.15) is 29.1 Å². The first-order valence-corrected chi connectivity index (χ1v) is 4.69. The number of hydrogen-bond acceptors (Lipinski definition) is 1. The molecule has 0 aliphatic heterocycles. The molecule has 1 rings (SSSR count). The highest BCUT2D eigenvalue weighted by molar-refractivity contribution is 5.70. The second kappa shape index (κ2) is 13.3. The van der Waals surface area contributed by atoms with Gasteiger partial charge in [0.1, 0.15) is 0 Å². The van der Waals surface area contributed by atoms with Crippen molar-refractivity contribution in [3.63, 3.8) is 0 Å². The van der Waals surface area contributed by atoms with Gasteiger partial charge < -0.3 is 5.32 Å². The largest absolute Gasteiger partial charge is 0.329 e. The summed E-state index contributed by atoms with van der Waals surface area (Å²) >= 11 is 0. The molecule has 1 N–H and O–H groups in total. The Kier molecular flexibility index (Phi) is 14.5. The van der Waals surface area contributed by atoms with Crippen molar-refractivity contribution in [2.75, 3.05) is 5.32 Å². The van der Waals surface area contributed by atoms with E-state index in [-0.39, 0.29) is 1.43 Å². The molecule has 0 aliphatic carbocycles. The zero-order valence-electron chi connectivity index (χ0n) is 8.87. The van der Waals surface area contributed by atoms with E-state index in [4.69, 9.17) is 0 Å². The van der Waals surface area contributed by atoms with Crippen molar-refractivity contribution in [3.8, 4) is 0 Å². The fourth-order valence-corrected chi connectivity index (χ4v) is 0.602. The van der Waals surface area contributed by atoms with Crippen molar-refractivity contribution in [1.29, 1.82) is 0 Å². The maximum Gasteiger partial charge on any atom is 0.211 e. The molecule has 0 unspecified atom stereocenters. The van der Waals surface area contributed by atoms with Crippen molar-refractivity contribution < 1.29 is 6.22 Å². The Morgan fingerprint density at radius 2 is 1.54 bits per heavy atom. The average molecular weight is 183 g/mol. The second-order valence-electron chi connectivity index (χ2n) is 1.63. The lowest BCUT2D eigenvalue weighted by atomic mass is 10.3. The number of carbonyl (C=O) groups is 1. The van der Waals surface area contributed by atoms with Crippen LogP contribution in [-0.2, 0) is 4.79 Å². The Morgan fingerprint density at radius 3 is 1.92 bits per heavy atom. The predicted octanol–water partition coefficient (Wildman–Crippen LogP) is 3.55. The standard InChI is InChI=1S/C7H7NO.2C2H6.H2/c9-6-8-7-4-2-1-3-5-7;2*1-2;/h1-6H,(H,8,9);2*1-2H3;1H. The molecular weight excluding hydrogens is 162 g/mol. The topological polar surface area (TPSA) is 29.1 Å². The van der Waals surface area contributed by atoms with E-state index in [9.17, 15) is 4.79 Å². The van der Waals surface area contributed by atoms with Crippen molar-refractivity contribution in [2.45, 2.75) is 27.7 Å². The van der Waals surface area contributed by atoms with Gasteiger partial charge in [-0.2, -0.15) is 0 Å². The number of amides is 1. The maximum absolute atomic E-state index is 9.86. The monoisotopic (exact) mass is 183 g/mol. The summed E-state index contributed by atoms with van der Waals surface area (Å²) in [5.41, 5.74) is 0.826. The van der Waals surface area contributed by atoms with Crippen LogP contribution in [0, 0.1) is 0 Å². The summed E-state index contributed by atoms with van der Waals surface area (Å²) in [7, 11) is 0. The normalized spacial score (nSPS) is 6.77. The Bertz CT molecular complexity index is 190. The van der Waals surface area contributed by atoms with Crippen LogP contribution in [0.25, 0.3) is 0 Å². The molecule has 0 saturated heterocycles. The van der Waals surface area contributed by atoms with E-state index in [2.05, 4.69) is 5.32 Å². The third-order valence-electron chi connectivity index (χ3n) is 0.999. The maximum atomic E-state index is 9.86. The molecular formula is C11H21NO. The number of nitrogens with one attached hydrogen (secondary N) is 1. The molecule has 0 radical (unpaired) electrons. The van der Waals surface area contributed by atoms with E-state index in [0.29, 0.717) is 6.41 Å². The molecule has 1 aromatic carbocycles. The van der Waals surface area contributed by atoms with E-state index >= 15 is 0 Å². The van der Waals surface area contributed by atoms with E-state index in [1.54, 1.807) is 0 Å². The molecule has 1 amide bonds. The zero-order chi connectivity index (χ0) is 10.5. The summed E-state index contributed by atoms with van der Waals surface area (Å²) in [5, 5.41) is 2.53. The smallest absolute Gasteiger partial charge is 0.211 e. The minimum absolute atomic E-state index is 0. The van der Waals surface area contributed by atoms with Crippen LogP contribution in [0.4, 0.5) is 5.69 Å². The van der Waals surface area contributed by atoms with Crippen LogP contribution < -0.4 is 5.32 Å². The van der Waals surface area contributed by atoms with Crippen LogP contribution in [-0.4, -0.2) is 6.41 Å². The van der Waals surface area contributed by atoms with Crippen molar-refractivity contribution in [1.82, 2.24) is 0 Å². The zero-order valence-corrected chi connectivity index (χ0v) is 8.87. The summed E-state index contributed by atoms with van der Waals surface area (Å²) in [5.74, 6) is 0. The first-order valence-electron chi connectivity index (χ1n) is 4.69. The third kappa shape index (κ3) is 8.60. The summed E-state index contributed by atoms with van der Waals surface area (Å²) < 4.78 is 0. The quantitative estimate of drug-likeness (QED) is 0.698. The molecule has 0 spiro atoms. The molecule has 13 heavy (non-hydrogen) atoms. The van der Waals surface area contributed by atoms with Crippen molar-refractivity contribution in [2.24, 2.45) is 0 Å². The van der Waals surface area contributed by atoms with Gasteiger partial charge in [0.2, 0.25) is 6.41 Å². The molecule has 0 saturated carbocycles. The highest BCUT2D eigenvalue weighted by Gasteiger charge is 1.81. The van der Waals surface area contributed by atoms with E-state index in [0.717, 1.165) is 5.69 Å². The highest BCUT2D eigenvalue weighted by Crippen LogP contribution is 2.01. The Hall–Kier alpha value is -1.31. The lowest BCUT2D eigenvalue weighted by molar-refractivity contribution is -0.105. The number of hydrogen-bond donors (Lipinski definition) is 1. The van der Waals surface area contributed by atoms with E-state index < -0.39 is 0 Å². The third-order valence-corrected chi connectivity index (χ3v) is 0.999. The van der Waals surface area contributed by atoms with Crippen LogP contribution in [0.3, 0.4) is 0 Å². The summed E-state index contributed by atoms with van der Waals surface area (Å²) in [6.45, 7) is 8.00. The molecule has 76 valence electrons. The minimum Gasteiger partial charge on any atom is -0.329 e. The average Bonchev–Trinajstić information content (AvgIpc) is 2.26. The molecule has 0 heterocycles. The van der Waals surface area contributed by atoms with Gasteiger partial charge in [-0.15, -0.1) is 0 Å². The first-order chi connectivity index (χ1) is 6.43. The Labute approximate surface area is 82.5 Å². The number of para-hydroxylation sites is 1. The molecule has 2 nitrogen and oxygen atoms in total. The fraction of sp³-hybridized carbons (Fsp3) is 0.364. The first kappa shape index (κ1) is 14.2. The van der Waals surface area contributed by atoms with Gasteiger partial charge in [-0.25, -0.2) is 0 Å². The minimum atomic E-state index is 0. The molecule has 0 bridgehead atoms. The Morgan fingerprint density at radius 1 is 1.08 bits per heavy atom. The Balaban J connectivity index is -0.000000216. The van der Waals surface area contributed by atoms with Gasteiger partial charge in [-0.05, 0) is 12.1 Å². The molecule has 1 aromatic rings. The van der Waals surface area contributed by atoms with Crippen LogP contribution in [0.5, 0.6) is 0 Å². The SMILES string of the molecule is CC.CC.O=CNc1ccccc1.[HH]. The number of benzene rings is 1. The van der Waals surface area contributed by atoms with Gasteiger partial charge in [0.15, 0.2) is 0 Å². The lowest BCUT2D eigenvalue weighted by Crippen LogP contribution is -1.91. The van der Waals surface area contributed by atoms with Gasteiger partial charge in [-0.1, -0.05) is 45.9 Å². The van der Waals surface area contributed by atoms with E-state index in [1.165, 1.54) is 0 Å². The van der Waals surface area contributed by atoms with Gasteiger partial charge in [0, 0.05) is 7.11 Å². The molecule has 2 heteroatoms. The molecule has 0 fully saturated rings. The van der Waals surface area contributed by atoms with Gasteiger partial charge in [0.25, 0.3) is 0 Å². The summed E-state index contributed by atoms with van der Waals surface area (Å²) in [6.07, 6.45) is 0.662. The van der Waals surface area contributed by atoms with Gasteiger partial charge in [-0.3, -0.25) is 4.79 Å². The summed E-state index contributed by atoms with van der Waals surface area (Å²) in [6, 6.07) is 9.29. The predicted molar refractivity (Wildman–Crippen MR) is 60.9 cm³/mol. The molecule has 0 atom stereocenters. The number of rotatable bonds is 2. The molecule has 0 aliphatic rings. The highest BCUT2D eigenvalue weighted by atomic mass is 16.1. The fourth-order valence-electron chi connectivity index (χ4n) is 0.602. The van der Waals surface area contributed by atoms with Crippen molar-refractivity contribution in [3.05, 3.63) is 30.3 Å². The number of carbonyl (C=O) groups excluding carboxylic acids is 1.